The third-order valence-corrected chi connectivity index (χ3v) is 4.03. The highest BCUT2D eigenvalue weighted by Gasteiger charge is 2.14. The maximum Gasteiger partial charge on any atom is 0.272 e. The number of benzene rings is 2. The molecule has 8 heteroatoms. The van der Waals surface area contributed by atoms with E-state index < -0.39 is 5.91 Å². The van der Waals surface area contributed by atoms with Crippen LogP contribution in [0.5, 0.6) is 0 Å². The minimum Gasteiger partial charge on any atom is -0.368 e. The molecular weight excluding hydrogens is 346 g/mol. The molecule has 3 aromatic rings. The monoisotopic (exact) mass is 365 g/mol. The van der Waals surface area contributed by atoms with E-state index >= 15 is 0 Å². The number of primary amides is 1. The summed E-state index contributed by atoms with van der Waals surface area (Å²) in [5, 5.41) is 12.9. The van der Waals surface area contributed by atoms with Gasteiger partial charge in [0.05, 0.1) is 12.1 Å². The third kappa shape index (κ3) is 4.30. The average molecular weight is 365 g/mol. The van der Waals surface area contributed by atoms with E-state index in [1.165, 1.54) is 0 Å². The lowest BCUT2D eigenvalue weighted by atomic mass is 10.1. The van der Waals surface area contributed by atoms with Gasteiger partial charge in [-0.05, 0) is 36.8 Å². The summed E-state index contributed by atoms with van der Waals surface area (Å²) in [5.41, 5.74) is 8.41. The molecule has 0 aliphatic heterocycles. The standard InChI is InChI=1S/C19H19N5O3/c1-11-2-7-15-14(8-11)17(24-23-15)19(27)21-9-12-3-5-13(6-4-12)18(26)22-10-16(20)25/h2-8H,9-10H2,1H3,(H2,20,25)(H,21,27)(H,22,26)(H,23,24). The molecule has 1 aromatic heterocycles. The first-order chi connectivity index (χ1) is 12.9. The molecule has 0 fully saturated rings. The molecule has 138 valence electrons. The van der Waals surface area contributed by atoms with Gasteiger partial charge in [-0.15, -0.1) is 0 Å². The summed E-state index contributed by atoms with van der Waals surface area (Å²) in [5.74, 6) is -1.28. The fraction of sp³-hybridized carbons (Fsp3) is 0.158. The zero-order valence-electron chi connectivity index (χ0n) is 14.7. The Kier molecular flexibility index (Phi) is 5.16. The Hall–Kier alpha value is -3.68. The van der Waals surface area contributed by atoms with E-state index in [0.29, 0.717) is 17.8 Å². The summed E-state index contributed by atoms with van der Waals surface area (Å²) in [4.78, 5) is 35.0. The fourth-order valence-electron chi connectivity index (χ4n) is 2.61. The molecule has 27 heavy (non-hydrogen) atoms. The molecule has 0 saturated heterocycles. The Morgan fingerprint density at radius 2 is 1.78 bits per heavy atom. The summed E-state index contributed by atoms with van der Waals surface area (Å²) in [6.45, 7) is 2.03. The molecule has 0 aliphatic carbocycles. The van der Waals surface area contributed by atoms with Crippen molar-refractivity contribution in [3.8, 4) is 0 Å². The van der Waals surface area contributed by atoms with Crippen LogP contribution in [0.15, 0.2) is 42.5 Å². The van der Waals surface area contributed by atoms with Crippen LogP contribution in [0.25, 0.3) is 10.9 Å². The number of hydrogen-bond acceptors (Lipinski definition) is 4. The van der Waals surface area contributed by atoms with Crippen molar-refractivity contribution in [2.24, 2.45) is 5.73 Å². The molecule has 0 bridgehead atoms. The molecule has 0 radical (unpaired) electrons. The lowest BCUT2D eigenvalue weighted by Gasteiger charge is -2.06. The van der Waals surface area contributed by atoms with Crippen LogP contribution < -0.4 is 16.4 Å². The molecule has 5 N–H and O–H groups in total. The number of carbonyl (C=O) groups is 3. The van der Waals surface area contributed by atoms with E-state index in [9.17, 15) is 14.4 Å². The summed E-state index contributed by atoms with van der Waals surface area (Å²) in [6.07, 6.45) is 0. The van der Waals surface area contributed by atoms with Gasteiger partial charge in [-0.25, -0.2) is 0 Å². The van der Waals surface area contributed by atoms with E-state index in [-0.39, 0.29) is 18.4 Å². The van der Waals surface area contributed by atoms with Gasteiger partial charge in [0.15, 0.2) is 5.69 Å². The summed E-state index contributed by atoms with van der Waals surface area (Å²) in [7, 11) is 0. The first-order valence-corrected chi connectivity index (χ1v) is 8.32. The van der Waals surface area contributed by atoms with Gasteiger partial charge in [-0.1, -0.05) is 23.8 Å². The number of nitrogens with zero attached hydrogens (tertiary/aromatic N) is 1. The molecule has 2 aromatic carbocycles. The summed E-state index contributed by atoms with van der Waals surface area (Å²) < 4.78 is 0. The number of aromatic amines is 1. The van der Waals surface area contributed by atoms with E-state index in [0.717, 1.165) is 22.0 Å². The van der Waals surface area contributed by atoms with E-state index in [1.54, 1.807) is 24.3 Å². The summed E-state index contributed by atoms with van der Waals surface area (Å²) >= 11 is 0. The van der Waals surface area contributed by atoms with Crippen molar-refractivity contribution in [2.45, 2.75) is 13.5 Å². The van der Waals surface area contributed by atoms with Gasteiger partial charge in [0, 0.05) is 17.5 Å². The predicted octanol–water partition coefficient (Wildman–Crippen LogP) is 1.02. The van der Waals surface area contributed by atoms with Gasteiger partial charge in [-0.2, -0.15) is 5.10 Å². The van der Waals surface area contributed by atoms with E-state index in [1.807, 2.05) is 25.1 Å². The van der Waals surface area contributed by atoms with Crippen LogP contribution in [0.1, 0.15) is 32.0 Å². The van der Waals surface area contributed by atoms with Crippen LogP contribution >= 0.6 is 0 Å². The highest BCUT2D eigenvalue weighted by atomic mass is 16.2. The highest BCUT2D eigenvalue weighted by molar-refractivity contribution is 6.04. The third-order valence-electron chi connectivity index (χ3n) is 4.03. The molecule has 0 unspecified atom stereocenters. The Morgan fingerprint density at radius 1 is 1.04 bits per heavy atom. The van der Waals surface area contributed by atoms with Crippen molar-refractivity contribution >= 4 is 28.6 Å². The fourth-order valence-corrected chi connectivity index (χ4v) is 2.61. The average Bonchev–Trinajstić information content (AvgIpc) is 3.07. The molecule has 1 heterocycles. The number of H-pyrrole nitrogens is 1. The molecule has 0 spiro atoms. The smallest absolute Gasteiger partial charge is 0.272 e. The first kappa shape index (κ1) is 18.1. The van der Waals surface area contributed by atoms with Crippen molar-refractivity contribution in [3.05, 3.63) is 64.8 Å². The Labute approximate surface area is 155 Å². The zero-order chi connectivity index (χ0) is 19.4. The van der Waals surface area contributed by atoms with E-state index in [2.05, 4.69) is 20.8 Å². The molecule has 8 nitrogen and oxygen atoms in total. The summed E-state index contributed by atoms with van der Waals surface area (Å²) in [6, 6.07) is 12.4. The van der Waals surface area contributed by atoms with E-state index in [4.69, 9.17) is 5.73 Å². The molecule has 0 aliphatic rings. The van der Waals surface area contributed by atoms with Crippen molar-refractivity contribution in [3.63, 3.8) is 0 Å². The van der Waals surface area contributed by atoms with Crippen molar-refractivity contribution in [2.75, 3.05) is 6.54 Å². The number of aryl methyl sites for hydroxylation is 1. The number of nitrogens with one attached hydrogen (secondary N) is 3. The molecule has 3 rings (SSSR count). The SMILES string of the molecule is Cc1ccc2[nH]nc(C(=O)NCc3ccc(C(=O)NCC(N)=O)cc3)c2c1. The number of carbonyl (C=O) groups excluding carboxylic acids is 3. The maximum absolute atomic E-state index is 12.4. The molecule has 3 amide bonds. The predicted molar refractivity (Wildman–Crippen MR) is 100.0 cm³/mol. The Morgan fingerprint density at radius 3 is 2.48 bits per heavy atom. The number of fused-ring (bicyclic) bond motifs is 1. The highest BCUT2D eigenvalue weighted by Crippen LogP contribution is 2.17. The van der Waals surface area contributed by atoms with Gasteiger partial charge in [0.2, 0.25) is 5.91 Å². The Bertz CT molecular complexity index is 1010. The number of rotatable bonds is 6. The molecular formula is C19H19N5O3. The van der Waals surface area contributed by atoms with Gasteiger partial charge < -0.3 is 16.4 Å². The van der Waals surface area contributed by atoms with Crippen LogP contribution in [-0.4, -0.2) is 34.5 Å². The normalized spacial score (nSPS) is 10.6. The van der Waals surface area contributed by atoms with Crippen molar-refractivity contribution < 1.29 is 14.4 Å². The van der Waals surface area contributed by atoms with Gasteiger partial charge >= 0.3 is 0 Å². The number of amides is 3. The maximum atomic E-state index is 12.4. The second kappa shape index (κ2) is 7.69. The topological polar surface area (TPSA) is 130 Å². The van der Waals surface area contributed by atoms with Crippen molar-refractivity contribution in [1.29, 1.82) is 0 Å². The van der Waals surface area contributed by atoms with Crippen LogP contribution in [0, 0.1) is 6.92 Å². The second-order valence-electron chi connectivity index (χ2n) is 6.15. The minimum absolute atomic E-state index is 0.215. The number of nitrogens with two attached hydrogens (primary N) is 1. The number of hydrogen-bond donors (Lipinski definition) is 4. The van der Waals surface area contributed by atoms with Gasteiger partial charge in [-0.3, -0.25) is 19.5 Å². The van der Waals surface area contributed by atoms with Gasteiger partial charge in [0.25, 0.3) is 11.8 Å². The van der Waals surface area contributed by atoms with Crippen molar-refractivity contribution in [1.82, 2.24) is 20.8 Å². The minimum atomic E-state index is -0.608. The van der Waals surface area contributed by atoms with Crippen LogP contribution in [0.3, 0.4) is 0 Å². The molecule has 0 saturated carbocycles. The second-order valence-corrected chi connectivity index (χ2v) is 6.15. The first-order valence-electron chi connectivity index (χ1n) is 8.32. The quantitative estimate of drug-likeness (QED) is 0.519. The molecule has 0 atom stereocenters. The lowest BCUT2D eigenvalue weighted by molar-refractivity contribution is -0.117. The Balaban J connectivity index is 1.62. The van der Waals surface area contributed by atoms with Crippen LogP contribution in [0.4, 0.5) is 0 Å². The van der Waals surface area contributed by atoms with Crippen LogP contribution in [-0.2, 0) is 11.3 Å². The van der Waals surface area contributed by atoms with Crippen LogP contribution in [0.2, 0.25) is 0 Å². The zero-order valence-corrected chi connectivity index (χ0v) is 14.7. The lowest BCUT2D eigenvalue weighted by Crippen LogP contribution is -2.33. The largest absolute Gasteiger partial charge is 0.368 e. The number of aromatic nitrogens is 2. The van der Waals surface area contributed by atoms with Gasteiger partial charge in [0.1, 0.15) is 0 Å².